The van der Waals surface area contributed by atoms with E-state index in [1.165, 1.54) is 25.2 Å². The van der Waals surface area contributed by atoms with Crippen LogP contribution in [0.3, 0.4) is 0 Å². The number of nitrogens with two attached hydrogens (primary N) is 1. The maximum absolute atomic E-state index is 11.8. The van der Waals surface area contributed by atoms with Crippen molar-refractivity contribution in [2.75, 3.05) is 29.6 Å². The molecule has 1 saturated heterocycles. The van der Waals surface area contributed by atoms with Crippen molar-refractivity contribution in [3.05, 3.63) is 18.2 Å². The summed E-state index contributed by atoms with van der Waals surface area (Å²) < 4.78 is 49.1. The molecule has 0 saturated carbocycles. The van der Waals surface area contributed by atoms with E-state index in [4.69, 9.17) is 5.73 Å². The second-order valence-electron chi connectivity index (χ2n) is 5.48. The summed E-state index contributed by atoms with van der Waals surface area (Å²) in [5.41, 5.74) is 6.00. The molecule has 1 heterocycles. The van der Waals surface area contributed by atoms with Crippen LogP contribution in [0.25, 0.3) is 0 Å². The van der Waals surface area contributed by atoms with E-state index in [1.807, 2.05) is 0 Å². The lowest BCUT2D eigenvalue weighted by Gasteiger charge is -2.26. The standard InChI is InChI=1S/C12H19N3O4S2/c1-12(5-6-20(16,17)8-12)15-11-7-9(3-4-10(11)13)21(18,19)14-2/h3-4,7,14-15H,5-6,8,13H2,1-2H3. The molecule has 0 aliphatic carbocycles. The summed E-state index contributed by atoms with van der Waals surface area (Å²) in [6.07, 6.45) is 0.456. The molecule has 21 heavy (non-hydrogen) atoms. The van der Waals surface area contributed by atoms with Crippen molar-refractivity contribution in [1.29, 1.82) is 0 Å². The minimum absolute atomic E-state index is 0.00243. The number of sulfonamides is 1. The number of hydrogen-bond donors (Lipinski definition) is 3. The van der Waals surface area contributed by atoms with Crippen molar-refractivity contribution in [2.45, 2.75) is 23.8 Å². The van der Waals surface area contributed by atoms with Gasteiger partial charge in [0.2, 0.25) is 10.0 Å². The van der Waals surface area contributed by atoms with Crippen molar-refractivity contribution < 1.29 is 16.8 Å². The zero-order valence-corrected chi connectivity index (χ0v) is 13.5. The highest BCUT2D eigenvalue weighted by Crippen LogP contribution is 2.31. The van der Waals surface area contributed by atoms with Crippen LogP contribution in [-0.2, 0) is 19.9 Å². The number of benzene rings is 1. The normalized spacial score (nSPS) is 24.9. The molecule has 0 spiro atoms. The summed E-state index contributed by atoms with van der Waals surface area (Å²) in [6, 6.07) is 4.30. The zero-order valence-electron chi connectivity index (χ0n) is 11.9. The van der Waals surface area contributed by atoms with Crippen LogP contribution < -0.4 is 15.8 Å². The van der Waals surface area contributed by atoms with Gasteiger partial charge in [0.25, 0.3) is 0 Å². The molecule has 1 aromatic carbocycles. The van der Waals surface area contributed by atoms with E-state index in [1.54, 1.807) is 6.92 Å². The number of nitrogens with one attached hydrogen (secondary N) is 2. The number of rotatable bonds is 4. The monoisotopic (exact) mass is 333 g/mol. The molecule has 1 aliphatic heterocycles. The Bertz CT molecular complexity index is 759. The molecule has 1 atom stereocenters. The molecule has 0 amide bonds. The lowest BCUT2D eigenvalue weighted by atomic mass is 10.0. The topological polar surface area (TPSA) is 118 Å². The molecule has 0 aromatic heterocycles. The number of sulfone groups is 1. The van der Waals surface area contributed by atoms with Crippen molar-refractivity contribution in [2.24, 2.45) is 0 Å². The maximum atomic E-state index is 11.8. The Kier molecular flexibility index (Phi) is 3.94. The van der Waals surface area contributed by atoms with Gasteiger partial charge in [-0.1, -0.05) is 0 Å². The molecule has 4 N–H and O–H groups in total. The summed E-state index contributed by atoms with van der Waals surface area (Å²) in [7, 11) is -5.32. The van der Waals surface area contributed by atoms with Gasteiger partial charge in [0.15, 0.2) is 9.84 Å². The molecule has 7 nitrogen and oxygen atoms in total. The highest BCUT2D eigenvalue weighted by molar-refractivity contribution is 7.91. The molecule has 1 fully saturated rings. The van der Waals surface area contributed by atoms with Crippen LogP contribution in [-0.4, -0.2) is 40.9 Å². The van der Waals surface area contributed by atoms with Crippen LogP contribution in [0, 0.1) is 0 Å². The minimum Gasteiger partial charge on any atom is -0.397 e. The average molecular weight is 333 g/mol. The van der Waals surface area contributed by atoms with Crippen LogP contribution >= 0.6 is 0 Å². The zero-order chi connectivity index (χ0) is 15.9. The van der Waals surface area contributed by atoms with E-state index in [0.29, 0.717) is 17.8 Å². The van der Waals surface area contributed by atoms with Crippen molar-refractivity contribution in [1.82, 2.24) is 4.72 Å². The molecule has 0 bridgehead atoms. The first-order valence-electron chi connectivity index (χ1n) is 6.39. The Hall–Kier alpha value is -1.32. The smallest absolute Gasteiger partial charge is 0.240 e. The first-order chi connectivity index (χ1) is 9.57. The van der Waals surface area contributed by atoms with Crippen LogP contribution in [0.15, 0.2) is 23.1 Å². The molecule has 1 aromatic rings. The van der Waals surface area contributed by atoms with Gasteiger partial charge in [-0.25, -0.2) is 21.6 Å². The van der Waals surface area contributed by atoms with E-state index >= 15 is 0 Å². The summed E-state index contributed by atoms with van der Waals surface area (Å²) >= 11 is 0. The average Bonchev–Trinajstić information content (AvgIpc) is 2.66. The van der Waals surface area contributed by atoms with Crippen LogP contribution in [0.5, 0.6) is 0 Å². The van der Waals surface area contributed by atoms with Gasteiger partial charge in [0, 0.05) is 5.54 Å². The second kappa shape index (κ2) is 5.15. The van der Waals surface area contributed by atoms with E-state index < -0.39 is 25.4 Å². The number of anilines is 2. The highest BCUT2D eigenvalue weighted by Gasteiger charge is 2.38. The minimum atomic E-state index is -3.58. The van der Waals surface area contributed by atoms with E-state index in [9.17, 15) is 16.8 Å². The third-order valence-corrected chi connectivity index (χ3v) is 6.86. The van der Waals surface area contributed by atoms with Crippen LogP contribution in [0.2, 0.25) is 0 Å². The van der Waals surface area contributed by atoms with Gasteiger partial charge in [0.05, 0.1) is 27.8 Å². The molecular weight excluding hydrogens is 314 g/mol. The summed E-state index contributed by atoms with van der Waals surface area (Å²) in [4.78, 5) is 0.0751. The number of nitrogen functional groups attached to an aromatic ring is 1. The van der Waals surface area contributed by atoms with Crippen molar-refractivity contribution in [3.8, 4) is 0 Å². The quantitative estimate of drug-likeness (QED) is 0.676. The van der Waals surface area contributed by atoms with Crippen molar-refractivity contribution in [3.63, 3.8) is 0 Å². The van der Waals surface area contributed by atoms with Gasteiger partial charge in [-0.05, 0) is 38.6 Å². The molecular formula is C12H19N3O4S2. The fraction of sp³-hybridized carbons (Fsp3) is 0.500. The molecule has 9 heteroatoms. The Labute approximate surface area is 124 Å². The highest BCUT2D eigenvalue weighted by atomic mass is 32.2. The van der Waals surface area contributed by atoms with Gasteiger partial charge >= 0.3 is 0 Å². The maximum Gasteiger partial charge on any atom is 0.240 e. The van der Waals surface area contributed by atoms with E-state index in [2.05, 4.69) is 10.0 Å². The van der Waals surface area contributed by atoms with Gasteiger partial charge < -0.3 is 11.1 Å². The number of hydrogen-bond acceptors (Lipinski definition) is 6. The van der Waals surface area contributed by atoms with Crippen LogP contribution in [0.1, 0.15) is 13.3 Å². The summed E-state index contributed by atoms with van der Waals surface area (Å²) in [6.45, 7) is 1.79. The first-order valence-corrected chi connectivity index (χ1v) is 9.69. The van der Waals surface area contributed by atoms with Gasteiger partial charge in [-0.15, -0.1) is 0 Å². The van der Waals surface area contributed by atoms with Gasteiger partial charge in [-0.3, -0.25) is 0 Å². The van der Waals surface area contributed by atoms with Gasteiger partial charge in [-0.2, -0.15) is 0 Å². The second-order valence-corrected chi connectivity index (χ2v) is 9.55. The Balaban J connectivity index is 2.35. The molecule has 0 radical (unpaired) electrons. The Morgan fingerprint density at radius 1 is 1.33 bits per heavy atom. The summed E-state index contributed by atoms with van der Waals surface area (Å²) in [5, 5.41) is 3.08. The molecule has 1 aliphatic rings. The fourth-order valence-electron chi connectivity index (χ4n) is 2.36. The predicted octanol–water partition coefficient (Wildman–Crippen LogP) is 0.166. The predicted molar refractivity (Wildman–Crippen MR) is 82.4 cm³/mol. The lowest BCUT2D eigenvalue weighted by molar-refractivity contribution is 0.573. The lowest BCUT2D eigenvalue weighted by Crippen LogP contribution is -2.36. The third kappa shape index (κ3) is 3.47. The molecule has 118 valence electrons. The SMILES string of the molecule is CNS(=O)(=O)c1ccc(N)c(NC2(C)CCS(=O)(=O)C2)c1. The first kappa shape index (κ1) is 16.1. The third-order valence-electron chi connectivity index (χ3n) is 3.54. The van der Waals surface area contributed by atoms with E-state index in [-0.39, 0.29) is 16.4 Å². The molecule has 2 rings (SSSR count). The Morgan fingerprint density at radius 3 is 2.52 bits per heavy atom. The summed E-state index contributed by atoms with van der Waals surface area (Å²) in [5.74, 6) is 0.118. The Morgan fingerprint density at radius 2 is 2.00 bits per heavy atom. The van der Waals surface area contributed by atoms with Gasteiger partial charge in [0.1, 0.15) is 0 Å². The fourth-order valence-corrected chi connectivity index (χ4v) is 5.21. The largest absolute Gasteiger partial charge is 0.397 e. The van der Waals surface area contributed by atoms with E-state index in [0.717, 1.165) is 0 Å². The molecule has 1 unspecified atom stereocenters. The van der Waals surface area contributed by atoms with Crippen molar-refractivity contribution >= 4 is 31.2 Å². The van der Waals surface area contributed by atoms with Crippen LogP contribution in [0.4, 0.5) is 11.4 Å².